The van der Waals surface area contributed by atoms with E-state index >= 15 is 0 Å². The van der Waals surface area contributed by atoms with Gasteiger partial charge >= 0.3 is 5.97 Å². The van der Waals surface area contributed by atoms with Gasteiger partial charge in [0.1, 0.15) is 5.65 Å². The van der Waals surface area contributed by atoms with Crippen LogP contribution in [-0.4, -0.2) is 21.0 Å². The molecule has 3 rings (SSSR count). The van der Waals surface area contributed by atoms with E-state index in [0.717, 1.165) is 33.3 Å². The van der Waals surface area contributed by atoms with Gasteiger partial charge in [0.2, 0.25) is 0 Å². The highest BCUT2D eigenvalue weighted by atomic mass is 16.4. The lowest BCUT2D eigenvalue weighted by Gasteiger charge is -2.09. The highest BCUT2D eigenvalue weighted by Gasteiger charge is 2.08. The quantitative estimate of drug-likeness (QED) is 0.768. The minimum absolute atomic E-state index is 0.153. The van der Waals surface area contributed by atoms with Crippen LogP contribution in [0.1, 0.15) is 17.5 Å². The first kappa shape index (κ1) is 13.4. The first-order valence-electron chi connectivity index (χ1n) is 6.89. The summed E-state index contributed by atoms with van der Waals surface area (Å²) in [4.78, 5) is 18.2. The summed E-state index contributed by atoms with van der Waals surface area (Å²) in [7, 11) is 0. The molecule has 0 bridgehead atoms. The average molecular weight is 280 g/mol. The summed E-state index contributed by atoms with van der Waals surface area (Å²) >= 11 is 0. The Morgan fingerprint density at radius 1 is 1.29 bits per heavy atom. The molecule has 0 atom stereocenters. The number of benzene rings is 1. The van der Waals surface area contributed by atoms with Gasteiger partial charge in [-0.3, -0.25) is 4.79 Å². The van der Waals surface area contributed by atoms with Gasteiger partial charge in [-0.15, -0.1) is 0 Å². The maximum atomic E-state index is 10.8. The largest absolute Gasteiger partial charge is 0.481 e. The van der Waals surface area contributed by atoms with Crippen LogP contribution < -0.4 is 0 Å². The van der Waals surface area contributed by atoms with E-state index < -0.39 is 5.97 Å². The number of fused-ring (bicyclic) bond motifs is 1. The van der Waals surface area contributed by atoms with Gasteiger partial charge in [0, 0.05) is 24.2 Å². The van der Waals surface area contributed by atoms with Crippen molar-refractivity contribution in [3.8, 4) is 11.1 Å². The first-order valence-corrected chi connectivity index (χ1v) is 6.89. The molecule has 1 aromatic carbocycles. The van der Waals surface area contributed by atoms with Crippen molar-refractivity contribution >= 4 is 17.0 Å². The Morgan fingerprint density at radius 2 is 2.14 bits per heavy atom. The molecule has 0 saturated carbocycles. The van der Waals surface area contributed by atoms with Crippen molar-refractivity contribution in [3.05, 3.63) is 53.9 Å². The number of carbonyl (C=O) groups is 1. The summed E-state index contributed by atoms with van der Waals surface area (Å²) in [6, 6.07) is 10.2. The van der Waals surface area contributed by atoms with Gasteiger partial charge in [0.05, 0.1) is 0 Å². The molecule has 2 aromatic heterocycles. The third-order valence-corrected chi connectivity index (χ3v) is 3.73. The maximum absolute atomic E-state index is 10.8. The number of carboxylic acids is 1. The van der Waals surface area contributed by atoms with Crippen LogP contribution in [-0.2, 0) is 11.2 Å². The molecule has 0 unspecified atom stereocenters. The first-order chi connectivity index (χ1) is 10.1. The summed E-state index contributed by atoms with van der Waals surface area (Å²) in [5, 5.41) is 9.93. The number of nitrogens with zero attached hydrogens (tertiary/aromatic N) is 1. The molecule has 4 nitrogen and oxygen atoms in total. The second-order valence-electron chi connectivity index (χ2n) is 5.13. The van der Waals surface area contributed by atoms with Crippen LogP contribution in [0.3, 0.4) is 0 Å². The number of H-pyrrole nitrogens is 1. The summed E-state index contributed by atoms with van der Waals surface area (Å²) < 4.78 is 0. The predicted molar refractivity (Wildman–Crippen MR) is 82.2 cm³/mol. The number of aryl methyl sites for hydroxylation is 2. The fraction of sp³-hybridized carbons (Fsp3) is 0.176. The van der Waals surface area contributed by atoms with E-state index in [2.05, 4.69) is 22.1 Å². The number of aromatic amines is 1. The monoisotopic (exact) mass is 280 g/mol. The highest BCUT2D eigenvalue weighted by molar-refractivity contribution is 5.92. The van der Waals surface area contributed by atoms with E-state index in [1.54, 1.807) is 6.20 Å². The fourth-order valence-corrected chi connectivity index (χ4v) is 2.56. The van der Waals surface area contributed by atoms with Gasteiger partial charge in [-0.25, -0.2) is 4.98 Å². The number of rotatable bonds is 4. The topological polar surface area (TPSA) is 66.0 Å². The number of aromatic nitrogens is 2. The lowest BCUT2D eigenvalue weighted by atomic mass is 9.96. The molecule has 0 amide bonds. The lowest BCUT2D eigenvalue weighted by molar-refractivity contribution is -0.136. The summed E-state index contributed by atoms with van der Waals surface area (Å²) in [5.41, 5.74) is 5.26. The minimum atomic E-state index is -0.767. The molecule has 21 heavy (non-hydrogen) atoms. The third kappa shape index (κ3) is 2.65. The van der Waals surface area contributed by atoms with Crippen molar-refractivity contribution < 1.29 is 9.90 Å². The van der Waals surface area contributed by atoms with E-state index in [1.165, 1.54) is 0 Å². The number of aliphatic carboxylic acids is 1. The van der Waals surface area contributed by atoms with E-state index in [1.807, 2.05) is 31.3 Å². The second-order valence-corrected chi connectivity index (χ2v) is 5.13. The van der Waals surface area contributed by atoms with Crippen molar-refractivity contribution in [1.82, 2.24) is 9.97 Å². The Labute approximate surface area is 122 Å². The molecule has 0 aliphatic carbocycles. The predicted octanol–water partition coefficient (Wildman–Crippen LogP) is 3.56. The molecule has 0 saturated heterocycles. The third-order valence-electron chi connectivity index (χ3n) is 3.73. The summed E-state index contributed by atoms with van der Waals surface area (Å²) in [6.45, 7) is 2.01. The van der Waals surface area contributed by atoms with Crippen molar-refractivity contribution in [2.75, 3.05) is 0 Å². The SMILES string of the molecule is Cc1ccc(-c2ccnc3[nH]ccc23)cc1CCC(=O)O. The van der Waals surface area contributed by atoms with Gasteiger partial charge in [0.15, 0.2) is 0 Å². The second kappa shape index (κ2) is 5.40. The van der Waals surface area contributed by atoms with Crippen molar-refractivity contribution in [2.24, 2.45) is 0 Å². The van der Waals surface area contributed by atoms with E-state index in [0.29, 0.717) is 6.42 Å². The normalized spacial score (nSPS) is 10.9. The maximum Gasteiger partial charge on any atom is 0.303 e. The molecule has 0 fully saturated rings. The Balaban J connectivity index is 2.04. The van der Waals surface area contributed by atoms with Crippen LogP contribution in [0.4, 0.5) is 0 Å². The number of pyridine rings is 1. The number of hydrogen-bond acceptors (Lipinski definition) is 2. The zero-order valence-corrected chi connectivity index (χ0v) is 11.8. The summed E-state index contributed by atoms with van der Waals surface area (Å²) in [6.07, 6.45) is 4.36. The Morgan fingerprint density at radius 3 is 2.95 bits per heavy atom. The number of carboxylic acid groups (broad SMARTS) is 1. The molecule has 0 radical (unpaired) electrons. The Kier molecular flexibility index (Phi) is 3.44. The smallest absolute Gasteiger partial charge is 0.303 e. The van der Waals surface area contributed by atoms with E-state index in [9.17, 15) is 4.79 Å². The van der Waals surface area contributed by atoms with E-state index in [-0.39, 0.29) is 6.42 Å². The molecular weight excluding hydrogens is 264 g/mol. The molecule has 3 aromatic rings. The number of nitrogens with one attached hydrogen (secondary N) is 1. The molecule has 2 N–H and O–H groups in total. The molecule has 0 aliphatic rings. The van der Waals surface area contributed by atoms with Crippen LogP contribution in [0.15, 0.2) is 42.7 Å². The molecule has 0 spiro atoms. The lowest BCUT2D eigenvalue weighted by Crippen LogP contribution is -1.99. The van der Waals surface area contributed by atoms with Gasteiger partial charge in [0.25, 0.3) is 0 Å². The summed E-state index contributed by atoms with van der Waals surface area (Å²) in [5.74, 6) is -0.767. The van der Waals surface area contributed by atoms with Crippen molar-refractivity contribution in [1.29, 1.82) is 0 Å². The van der Waals surface area contributed by atoms with Gasteiger partial charge in [-0.05, 0) is 47.7 Å². The zero-order chi connectivity index (χ0) is 14.8. The number of hydrogen-bond donors (Lipinski definition) is 2. The Bertz CT molecular complexity index is 805. The fourth-order valence-electron chi connectivity index (χ4n) is 2.56. The standard InChI is InChI=1S/C17H16N2O2/c1-11-2-3-13(10-12(11)4-5-16(20)21)14-6-8-18-17-15(14)7-9-19-17/h2-3,6-10H,4-5H2,1H3,(H,18,19)(H,20,21). The molecule has 4 heteroatoms. The van der Waals surface area contributed by atoms with Gasteiger partial charge in [-0.1, -0.05) is 18.2 Å². The van der Waals surface area contributed by atoms with Crippen LogP contribution in [0.2, 0.25) is 0 Å². The van der Waals surface area contributed by atoms with Crippen LogP contribution >= 0.6 is 0 Å². The minimum Gasteiger partial charge on any atom is -0.481 e. The average Bonchev–Trinajstić information content (AvgIpc) is 2.94. The molecule has 2 heterocycles. The highest BCUT2D eigenvalue weighted by Crippen LogP contribution is 2.28. The zero-order valence-electron chi connectivity index (χ0n) is 11.8. The molecule has 106 valence electrons. The Hall–Kier alpha value is -2.62. The van der Waals surface area contributed by atoms with Gasteiger partial charge < -0.3 is 10.1 Å². The van der Waals surface area contributed by atoms with Crippen LogP contribution in [0.25, 0.3) is 22.2 Å². The molecular formula is C17H16N2O2. The van der Waals surface area contributed by atoms with Crippen LogP contribution in [0, 0.1) is 6.92 Å². The van der Waals surface area contributed by atoms with E-state index in [4.69, 9.17) is 5.11 Å². The molecule has 0 aliphatic heterocycles. The van der Waals surface area contributed by atoms with Crippen LogP contribution in [0.5, 0.6) is 0 Å². The van der Waals surface area contributed by atoms with Crippen molar-refractivity contribution in [3.63, 3.8) is 0 Å². The van der Waals surface area contributed by atoms with Gasteiger partial charge in [-0.2, -0.15) is 0 Å². The van der Waals surface area contributed by atoms with Crippen molar-refractivity contribution in [2.45, 2.75) is 19.8 Å².